The van der Waals surface area contributed by atoms with Gasteiger partial charge in [0.25, 0.3) is 0 Å². The minimum absolute atomic E-state index is 0.207. The van der Waals surface area contributed by atoms with Crippen molar-refractivity contribution < 1.29 is 14.0 Å². The van der Waals surface area contributed by atoms with Crippen molar-refractivity contribution >= 4 is 14.4 Å². The lowest BCUT2D eigenvalue weighted by atomic mass is 10.2. The molecular weight excluding hydrogens is 294 g/mol. The highest BCUT2D eigenvalue weighted by molar-refractivity contribution is 6.74. The zero-order valence-electron chi connectivity index (χ0n) is 15.8. The first kappa shape index (κ1) is 21.2. The van der Waals surface area contributed by atoms with E-state index in [4.69, 9.17) is 9.16 Å². The van der Waals surface area contributed by atoms with E-state index in [1.165, 1.54) is 0 Å². The highest BCUT2D eigenvalue weighted by atomic mass is 28.4. The average molecular weight is 330 g/mol. The van der Waals surface area contributed by atoms with Crippen LogP contribution < -0.4 is 0 Å². The average Bonchev–Trinajstić information content (AvgIpc) is 2.29. The molecule has 0 spiro atoms. The molecule has 0 unspecified atom stereocenters. The monoisotopic (exact) mass is 329 g/mol. The molecule has 0 aromatic rings. The number of rotatable bonds is 7. The van der Waals surface area contributed by atoms with Crippen molar-refractivity contribution in [1.29, 1.82) is 0 Å². The molecule has 0 aliphatic rings. The lowest BCUT2D eigenvalue weighted by Crippen LogP contribution is -2.42. The Morgan fingerprint density at radius 3 is 2.14 bits per heavy atom. The molecule has 22 heavy (non-hydrogen) atoms. The first-order valence-corrected chi connectivity index (χ1v) is 10.9. The van der Waals surface area contributed by atoms with E-state index in [1.807, 2.05) is 20.8 Å². The fourth-order valence-electron chi connectivity index (χ4n) is 1.54. The van der Waals surface area contributed by atoms with Crippen LogP contribution in [0.5, 0.6) is 0 Å². The van der Waals surface area contributed by atoms with Gasteiger partial charge in [0.15, 0.2) is 8.32 Å². The minimum Gasteiger partial charge on any atom is -0.444 e. The van der Waals surface area contributed by atoms with Crippen molar-refractivity contribution in [1.82, 2.24) is 4.90 Å². The van der Waals surface area contributed by atoms with Crippen molar-refractivity contribution in [3.05, 3.63) is 12.7 Å². The fourth-order valence-corrected chi connectivity index (χ4v) is 2.63. The van der Waals surface area contributed by atoms with E-state index in [2.05, 4.69) is 40.4 Å². The Bertz CT molecular complexity index is 367. The van der Waals surface area contributed by atoms with Gasteiger partial charge in [-0.1, -0.05) is 26.8 Å². The van der Waals surface area contributed by atoms with Gasteiger partial charge in [-0.15, -0.1) is 6.58 Å². The van der Waals surface area contributed by atoms with E-state index in [-0.39, 0.29) is 11.1 Å². The van der Waals surface area contributed by atoms with Crippen molar-refractivity contribution in [2.24, 2.45) is 0 Å². The molecule has 5 heteroatoms. The molecule has 0 heterocycles. The van der Waals surface area contributed by atoms with Gasteiger partial charge in [-0.05, 0) is 45.3 Å². The summed E-state index contributed by atoms with van der Waals surface area (Å²) >= 11 is 0. The summed E-state index contributed by atoms with van der Waals surface area (Å²) in [6.45, 7) is 22.3. The number of carbonyl (C=O) groups excluding carboxylic acids is 1. The number of hydrogen-bond acceptors (Lipinski definition) is 3. The second kappa shape index (κ2) is 8.16. The summed E-state index contributed by atoms with van der Waals surface area (Å²) in [7, 11) is -1.72. The molecule has 0 fully saturated rings. The Morgan fingerprint density at radius 2 is 1.73 bits per heavy atom. The van der Waals surface area contributed by atoms with Crippen LogP contribution in [0.1, 0.15) is 48.0 Å². The quantitative estimate of drug-likeness (QED) is 0.382. The molecule has 0 aliphatic carbocycles. The van der Waals surface area contributed by atoms with Gasteiger partial charge in [-0.2, -0.15) is 0 Å². The molecule has 130 valence electrons. The first-order valence-electron chi connectivity index (χ1n) is 8.03. The van der Waals surface area contributed by atoms with Crippen LogP contribution in [0.4, 0.5) is 4.79 Å². The maximum atomic E-state index is 12.1. The normalized spacial score (nSPS) is 12.9. The Kier molecular flexibility index (Phi) is 7.85. The Morgan fingerprint density at radius 1 is 1.18 bits per heavy atom. The van der Waals surface area contributed by atoms with Gasteiger partial charge in [-0.25, -0.2) is 4.79 Å². The van der Waals surface area contributed by atoms with Gasteiger partial charge in [0, 0.05) is 19.7 Å². The van der Waals surface area contributed by atoms with Crippen molar-refractivity contribution in [3.8, 4) is 0 Å². The second-order valence-corrected chi connectivity index (χ2v) is 13.0. The van der Waals surface area contributed by atoms with Crippen LogP contribution in [0, 0.1) is 0 Å². The second-order valence-electron chi connectivity index (χ2n) is 8.18. The highest BCUT2D eigenvalue weighted by Crippen LogP contribution is 2.36. The summed E-state index contributed by atoms with van der Waals surface area (Å²) < 4.78 is 11.5. The van der Waals surface area contributed by atoms with Gasteiger partial charge in [0.05, 0.1) is 0 Å². The highest BCUT2D eigenvalue weighted by Gasteiger charge is 2.36. The molecule has 0 aliphatic heterocycles. The number of nitrogens with zero attached hydrogens (tertiary/aromatic N) is 1. The number of ether oxygens (including phenoxy) is 1. The predicted molar refractivity (Wildman–Crippen MR) is 95.8 cm³/mol. The summed E-state index contributed by atoms with van der Waals surface area (Å²) in [6.07, 6.45) is 2.23. The summed E-state index contributed by atoms with van der Waals surface area (Å²) in [4.78, 5) is 13.8. The Labute approximate surface area is 138 Å². The standard InChI is InChI=1S/C17H35NO3Si/c1-10-12-18(15(19)21-16(2,3)4)13-11-14-20-22(8,9)17(5,6)7/h10H,1,11-14H2,2-9H3. The van der Waals surface area contributed by atoms with Crippen LogP contribution in [-0.4, -0.2) is 44.6 Å². The van der Waals surface area contributed by atoms with E-state index in [0.717, 1.165) is 6.42 Å². The Hall–Kier alpha value is -0.813. The van der Waals surface area contributed by atoms with Gasteiger partial charge in [0.2, 0.25) is 0 Å². The predicted octanol–water partition coefficient (Wildman–Crippen LogP) is 4.82. The number of carbonyl (C=O) groups is 1. The van der Waals surface area contributed by atoms with E-state index >= 15 is 0 Å². The summed E-state index contributed by atoms with van der Waals surface area (Å²) in [5.74, 6) is 0. The maximum absolute atomic E-state index is 12.1. The summed E-state index contributed by atoms with van der Waals surface area (Å²) in [6, 6.07) is 0. The molecule has 0 radical (unpaired) electrons. The van der Waals surface area contributed by atoms with Gasteiger partial charge < -0.3 is 14.1 Å². The third-order valence-electron chi connectivity index (χ3n) is 3.84. The summed E-state index contributed by atoms with van der Waals surface area (Å²) in [5, 5.41) is 0.207. The minimum atomic E-state index is -1.72. The van der Waals surface area contributed by atoms with Gasteiger partial charge >= 0.3 is 6.09 Å². The molecule has 0 aromatic carbocycles. The van der Waals surface area contributed by atoms with Crippen LogP contribution in [0.2, 0.25) is 18.1 Å². The maximum Gasteiger partial charge on any atom is 0.410 e. The molecule has 0 N–H and O–H groups in total. The largest absolute Gasteiger partial charge is 0.444 e. The van der Waals surface area contributed by atoms with Crippen molar-refractivity contribution in [2.75, 3.05) is 19.7 Å². The molecule has 0 aromatic heterocycles. The van der Waals surface area contributed by atoms with Gasteiger partial charge in [0.1, 0.15) is 5.60 Å². The third-order valence-corrected chi connectivity index (χ3v) is 8.38. The number of hydrogen-bond donors (Lipinski definition) is 0. The molecule has 0 bridgehead atoms. The molecule has 0 rings (SSSR count). The van der Waals surface area contributed by atoms with Crippen LogP contribution in [0.3, 0.4) is 0 Å². The number of amides is 1. The van der Waals surface area contributed by atoms with Crippen LogP contribution in [0.25, 0.3) is 0 Å². The van der Waals surface area contributed by atoms with E-state index in [0.29, 0.717) is 19.7 Å². The molecule has 0 atom stereocenters. The first-order chi connectivity index (χ1) is 9.80. The zero-order valence-corrected chi connectivity index (χ0v) is 16.8. The Balaban J connectivity index is 4.38. The molecular formula is C17H35NO3Si. The van der Waals surface area contributed by atoms with E-state index in [9.17, 15) is 4.79 Å². The third kappa shape index (κ3) is 7.99. The van der Waals surface area contributed by atoms with Crippen LogP contribution >= 0.6 is 0 Å². The molecule has 1 amide bonds. The van der Waals surface area contributed by atoms with Crippen molar-refractivity contribution in [2.45, 2.75) is 71.7 Å². The lowest BCUT2D eigenvalue weighted by molar-refractivity contribution is 0.0264. The SMILES string of the molecule is C=CCN(CCCO[Si](C)(C)C(C)(C)C)C(=O)OC(C)(C)C. The molecule has 4 nitrogen and oxygen atoms in total. The van der Waals surface area contributed by atoms with E-state index in [1.54, 1.807) is 11.0 Å². The van der Waals surface area contributed by atoms with Gasteiger partial charge in [-0.3, -0.25) is 0 Å². The van der Waals surface area contributed by atoms with Crippen LogP contribution in [0.15, 0.2) is 12.7 Å². The van der Waals surface area contributed by atoms with Crippen molar-refractivity contribution in [3.63, 3.8) is 0 Å². The van der Waals surface area contributed by atoms with Crippen LogP contribution in [-0.2, 0) is 9.16 Å². The molecule has 0 saturated carbocycles. The topological polar surface area (TPSA) is 38.8 Å². The fraction of sp³-hybridized carbons (Fsp3) is 0.824. The smallest absolute Gasteiger partial charge is 0.410 e. The molecule has 0 saturated heterocycles. The summed E-state index contributed by atoms with van der Waals surface area (Å²) in [5.41, 5.74) is -0.478. The zero-order chi connectivity index (χ0) is 17.6. The lowest BCUT2D eigenvalue weighted by Gasteiger charge is -2.36. The van der Waals surface area contributed by atoms with E-state index < -0.39 is 13.9 Å².